The van der Waals surface area contributed by atoms with Gasteiger partial charge in [-0.1, -0.05) is 20.8 Å². The van der Waals surface area contributed by atoms with Gasteiger partial charge in [-0.25, -0.2) is 9.18 Å². The molecular formula is C16H15BrFNO2. The van der Waals surface area contributed by atoms with E-state index in [2.05, 4.69) is 27.8 Å². The van der Waals surface area contributed by atoms with E-state index in [1.807, 2.05) is 13.8 Å². The van der Waals surface area contributed by atoms with Crippen LogP contribution >= 0.6 is 15.9 Å². The van der Waals surface area contributed by atoms with E-state index in [4.69, 9.17) is 0 Å². The van der Waals surface area contributed by atoms with Crippen LogP contribution in [-0.4, -0.2) is 16.1 Å². The molecule has 1 aromatic carbocycles. The summed E-state index contributed by atoms with van der Waals surface area (Å²) >= 11 is 3.29. The summed E-state index contributed by atoms with van der Waals surface area (Å²) in [6.45, 7) is 6.09. The van der Waals surface area contributed by atoms with Crippen LogP contribution in [0, 0.1) is 5.82 Å². The monoisotopic (exact) mass is 351 g/mol. The number of pyridine rings is 1. The Kier molecular flexibility index (Phi) is 3.10. The van der Waals surface area contributed by atoms with E-state index in [1.54, 1.807) is 0 Å². The highest BCUT2D eigenvalue weighted by atomic mass is 79.9. The Balaban J connectivity index is 2.54. The van der Waals surface area contributed by atoms with Crippen molar-refractivity contribution in [2.45, 2.75) is 38.5 Å². The van der Waals surface area contributed by atoms with Crippen LogP contribution in [0.3, 0.4) is 0 Å². The van der Waals surface area contributed by atoms with Crippen molar-refractivity contribution in [2.24, 2.45) is 0 Å². The van der Waals surface area contributed by atoms with Gasteiger partial charge >= 0.3 is 5.97 Å². The average molecular weight is 352 g/mol. The average Bonchev–Trinajstić information content (AvgIpc) is 2.57. The molecule has 0 saturated carbocycles. The molecule has 3 rings (SSSR count). The Morgan fingerprint density at radius 3 is 2.76 bits per heavy atom. The third kappa shape index (κ3) is 2.06. The molecule has 1 aromatic heterocycles. The number of aromatic carboxylic acids is 1. The second-order valence-electron chi connectivity index (χ2n) is 6.33. The lowest BCUT2D eigenvalue weighted by Crippen LogP contribution is -2.18. The number of hydrogen-bond acceptors (Lipinski definition) is 2. The third-order valence-electron chi connectivity index (χ3n) is 4.21. The lowest BCUT2D eigenvalue weighted by molar-refractivity contribution is 0.0696. The number of benzene rings is 1. The van der Waals surface area contributed by atoms with Crippen LogP contribution in [0.4, 0.5) is 4.39 Å². The van der Waals surface area contributed by atoms with Gasteiger partial charge in [0.2, 0.25) is 0 Å². The number of halogens is 2. The molecule has 0 spiro atoms. The van der Waals surface area contributed by atoms with Gasteiger partial charge in [0.25, 0.3) is 0 Å². The van der Waals surface area contributed by atoms with E-state index in [0.717, 1.165) is 17.7 Å². The summed E-state index contributed by atoms with van der Waals surface area (Å²) in [6, 6.07) is 2.58. The van der Waals surface area contributed by atoms with Crippen molar-refractivity contribution in [3.8, 4) is 0 Å². The first-order valence-corrected chi connectivity index (χ1v) is 7.58. The minimum absolute atomic E-state index is 0.185. The zero-order valence-electron chi connectivity index (χ0n) is 12.0. The number of hydrogen-bond donors (Lipinski definition) is 1. The number of aromatic nitrogens is 1. The van der Waals surface area contributed by atoms with E-state index in [9.17, 15) is 14.3 Å². The third-order valence-corrected chi connectivity index (χ3v) is 4.81. The smallest absolute Gasteiger partial charge is 0.336 e. The maximum Gasteiger partial charge on any atom is 0.336 e. The summed E-state index contributed by atoms with van der Waals surface area (Å²) in [7, 11) is 0. The normalized spacial score (nSPS) is 19.8. The van der Waals surface area contributed by atoms with E-state index < -0.39 is 11.8 Å². The quantitative estimate of drug-likeness (QED) is 0.815. The zero-order chi connectivity index (χ0) is 15.5. The van der Waals surface area contributed by atoms with Gasteiger partial charge in [0, 0.05) is 15.6 Å². The van der Waals surface area contributed by atoms with E-state index in [0.29, 0.717) is 15.4 Å². The van der Waals surface area contributed by atoms with Crippen molar-refractivity contribution in [3.05, 3.63) is 39.2 Å². The molecule has 0 bridgehead atoms. The fourth-order valence-electron chi connectivity index (χ4n) is 3.54. The van der Waals surface area contributed by atoms with Gasteiger partial charge in [0.1, 0.15) is 5.82 Å². The van der Waals surface area contributed by atoms with Gasteiger partial charge in [-0.2, -0.15) is 0 Å². The molecule has 1 atom stereocenters. The van der Waals surface area contributed by atoms with Crippen molar-refractivity contribution in [1.29, 1.82) is 0 Å². The summed E-state index contributed by atoms with van der Waals surface area (Å²) in [4.78, 5) is 16.5. The van der Waals surface area contributed by atoms with Crippen LogP contribution in [0.5, 0.6) is 0 Å². The van der Waals surface area contributed by atoms with Crippen molar-refractivity contribution < 1.29 is 14.3 Å². The Bertz CT molecular complexity index is 786. The molecule has 3 nitrogen and oxygen atoms in total. The first-order valence-electron chi connectivity index (χ1n) is 6.79. The molecule has 2 aromatic rings. The molecule has 110 valence electrons. The lowest BCUT2D eigenvalue weighted by Gasteiger charge is -2.21. The highest BCUT2D eigenvalue weighted by Gasteiger charge is 2.40. The molecule has 0 aliphatic heterocycles. The van der Waals surface area contributed by atoms with Crippen LogP contribution in [-0.2, 0) is 5.41 Å². The van der Waals surface area contributed by atoms with E-state index in [-0.39, 0.29) is 16.9 Å². The molecule has 0 amide bonds. The summed E-state index contributed by atoms with van der Waals surface area (Å²) < 4.78 is 14.2. The van der Waals surface area contributed by atoms with Crippen LogP contribution in [0.2, 0.25) is 0 Å². The molecule has 0 saturated heterocycles. The van der Waals surface area contributed by atoms with Crippen molar-refractivity contribution in [3.63, 3.8) is 0 Å². The van der Waals surface area contributed by atoms with Crippen LogP contribution in [0.15, 0.2) is 16.6 Å². The highest BCUT2D eigenvalue weighted by Crippen LogP contribution is 2.48. The van der Waals surface area contributed by atoms with Gasteiger partial charge in [0.15, 0.2) is 0 Å². The van der Waals surface area contributed by atoms with Crippen molar-refractivity contribution in [1.82, 2.24) is 4.98 Å². The second kappa shape index (κ2) is 4.50. The predicted molar refractivity (Wildman–Crippen MR) is 82.4 cm³/mol. The van der Waals surface area contributed by atoms with Gasteiger partial charge in [-0.3, -0.25) is 4.98 Å². The largest absolute Gasteiger partial charge is 0.478 e. The minimum Gasteiger partial charge on any atom is -0.478 e. The Hall–Kier alpha value is -1.49. The second-order valence-corrected chi connectivity index (χ2v) is 7.18. The zero-order valence-corrected chi connectivity index (χ0v) is 13.6. The molecule has 1 heterocycles. The Morgan fingerprint density at radius 2 is 2.14 bits per heavy atom. The molecule has 1 N–H and O–H groups in total. The highest BCUT2D eigenvalue weighted by molar-refractivity contribution is 9.10. The van der Waals surface area contributed by atoms with Crippen LogP contribution < -0.4 is 0 Å². The topological polar surface area (TPSA) is 50.2 Å². The Morgan fingerprint density at radius 1 is 1.48 bits per heavy atom. The lowest BCUT2D eigenvalue weighted by atomic mass is 9.83. The van der Waals surface area contributed by atoms with Crippen LogP contribution in [0.25, 0.3) is 10.9 Å². The SMILES string of the molecule is CC1CC(C)(C)c2c1nc1c(Br)cc(F)cc1c2C(=O)O. The van der Waals surface area contributed by atoms with Crippen LogP contribution in [0.1, 0.15) is 54.7 Å². The summed E-state index contributed by atoms with van der Waals surface area (Å²) in [5.41, 5.74) is 1.98. The molecule has 0 radical (unpaired) electrons. The maximum atomic E-state index is 13.7. The number of fused-ring (bicyclic) bond motifs is 2. The summed E-state index contributed by atoms with van der Waals surface area (Å²) in [5, 5.41) is 10.0. The van der Waals surface area contributed by atoms with Crippen molar-refractivity contribution >= 4 is 32.8 Å². The fraction of sp³-hybridized carbons (Fsp3) is 0.375. The van der Waals surface area contributed by atoms with Gasteiger partial charge < -0.3 is 5.11 Å². The molecule has 1 aliphatic carbocycles. The number of rotatable bonds is 1. The van der Waals surface area contributed by atoms with E-state index >= 15 is 0 Å². The first-order chi connectivity index (χ1) is 9.72. The summed E-state index contributed by atoms with van der Waals surface area (Å²) in [6.07, 6.45) is 0.839. The molecule has 21 heavy (non-hydrogen) atoms. The van der Waals surface area contributed by atoms with Gasteiger partial charge in [-0.15, -0.1) is 0 Å². The van der Waals surface area contributed by atoms with Gasteiger partial charge in [-0.05, 0) is 51.4 Å². The van der Waals surface area contributed by atoms with E-state index in [1.165, 1.54) is 12.1 Å². The molecule has 0 fully saturated rings. The molecule has 5 heteroatoms. The number of carbonyl (C=O) groups is 1. The fourth-order valence-corrected chi connectivity index (χ4v) is 4.06. The van der Waals surface area contributed by atoms with Crippen molar-refractivity contribution in [2.75, 3.05) is 0 Å². The molecule has 1 unspecified atom stereocenters. The molecular weight excluding hydrogens is 337 g/mol. The van der Waals surface area contributed by atoms with Gasteiger partial charge in [0.05, 0.1) is 11.1 Å². The number of carboxylic acids is 1. The number of carboxylic acid groups (broad SMARTS) is 1. The minimum atomic E-state index is -1.03. The maximum absolute atomic E-state index is 13.7. The molecule has 1 aliphatic rings. The predicted octanol–water partition coefficient (Wildman–Crippen LogP) is 4.62. The first kappa shape index (κ1) is 14.4. The summed E-state index contributed by atoms with van der Waals surface area (Å²) in [5.74, 6) is -1.31. The standard InChI is InChI=1S/C16H15BrFNO2/c1-7-6-16(2,3)12-11(15(20)21)9-4-8(18)5-10(17)14(9)19-13(7)12/h4-5,7H,6H2,1-3H3,(H,20,21). The Labute approximate surface area is 130 Å². The number of nitrogens with zero attached hydrogens (tertiary/aromatic N) is 1.